The molecule has 16 heavy (non-hydrogen) atoms. The van der Waals surface area contributed by atoms with Crippen molar-refractivity contribution in [2.75, 3.05) is 13.7 Å². The lowest BCUT2D eigenvalue weighted by atomic mass is 9.91. The summed E-state index contributed by atoms with van der Waals surface area (Å²) in [6.07, 6.45) is 1.82. The standard InChI is InChI=1S/C12H15F2NO/c1-15-11(12(7-16)4-5-12)8-2-3-9(13)10(14)6-8/h2-3,6,11,15-16H,4-5,7H2,1H3. The van der Waals surface area contributed by atoms with Crippen molar-refractivity contribution in [2.24, 2.45) is 5.41 Å². The van der Waals surface area contributed by atoms with Gasteiger partial charge in [-0.2, -0.15) is 0 Å². The van der Waals surface area contributed by atoms with Gasteiger partial charge in [0, 0.05) is 11.5 Å². The highest BCUT2D eigenvalue weighted by molar-refractivity contribution is 5.25. The molecular weight excluding hydrogens is 212 g/mol. The minimum Gasteiger partial charge on any atom is -0.396 e. The first-order chi connectivity index (χ1) is 7.63. The van der Waals surface area contributed by atoms with Crippen molar-refractivity contribution in [3.05, 3.63) is 35.4 Å². The van der Waals surface area contributed by atoms with Gasteiger partial charge in [0.2, 0.25) is 0 Å². The quantitative estimate of drug-likeness (QED) is 0.824. The minimum atomic E-state index is -0.841. The molecule has 1 aliphatic carbocycles. The van der Waals surface area contributed by atoms with Crippen molar-refractivity contribution in [3.8, 4) is 0 Å². The van der Waals surface area contributed by atoms with Gasteiger partial charge >= 0.3 is 0 Å². The topological polar surface area (TPSA) is 32.3 Å². The zero-order valence-electron chi connectivity index (χ0n) is 9.13. The van der Waals surface area contributed by atoms with Crippen molar-refractivity contribution in [1.29, 1.82) is 0 Å². The van der Waals surface area contributed by atoms with Gasteiger partial charge in [-0.3, -0.25) is 0 Å². The number of nitrogens with one attached hydrogen (secondary N) is 1. The maximum Gasteiger partial charge on any atom is 0.159 e. The lowest BCUT2D eigenvalue weighted by molar-refractivity contribution is 0.175. The van der Waals surface area contributed by atoms with E-state index in [0.717, 1.165) is 18.9 Å². The monoisotopic (exact) mass is 227 g/mol. The molecule has 1 aromatic carbocycles. The number of aliphatic hydroxyl groups excluding tert-OH is 1. The zero-order chi connectivity index (χ0) is 11.8. The summed E-state index contributed by atoms with van der Waals surface area (Å²) in [5, 5.41) is 12.4. The summed E-state index contributed by atoms with van der Waals surface area (Å²) in [6, 6.07) is 3.77. The number of halogens is 2. The second-order valence-electron chi connectivity index (χ2n) is 4.42. The van der Waals surface area contributed by atoms with Gasteiger partial charge in [0.15, 0.2) is 11.6 Å². The predicted molar refractivity (Wildman–Crippen MR) is 56.9 cm³/mol. The van der Waals surface area contributed by atoms with Crippen LogP contribution in [-0.2, 0) is 0 Å². The molecule has 0 bridgehead atoms. The fraction of sp³-hybridized carbons (Fsp3) is 0.500. The van der Waals surface area contributed by atoms with Gasteiger partial charge in [0.1, 0.15) is 0 Å². The Morgan fingerprint density at radius 1 is 1.38 bits per heavy atom. The third-order valence-electron chi connectivity index (χ3n) is 3.39. The van der Waals surface area contributed by atoms with E-state index in [-0.39, 0.29) is 18.1 Å². The Hall–Kier alpha value is -1.00. The molecule has 0 spiro atoms. The summed E-state index contributed by atoms with van der Waals surface area (Å²) < 4.78 is 25.9. The van der Waals surface area contributed by atoms with Gasteiger partial charge in [-0.25, -0.2) is 8.78 Å². The SMILES string of the molecule is CNC(c1ccc(F)c(F)c1)C1(CO)CC1. The van der Waals surface area contributed by atoms with Gasteiger partial charge in [0.05, 0.1) is 6.61 Å². The van der Waals surface area contributed by atoms with Crippen LogP contribution in [0.1, 0.15) is 24.4 Å². The van der Waals surface area contributed by atoms with Gasteiger partial charge < -0.3 is 10.4 Å². The molecule has 1 saturated carbocycles. The van der Waals surface area contributed by atoms with Crippen LogP contribution in [0.2, 0.25) is 0 Å². The lowest BCUT2D eigenvalue weighted by Crippen LogP contribution is -2.29. The third kappa shape index (κ3) is 1.83. The summed E-state index contributed by atoms with van der Waals surface area (Å²) in [4.78, 5) is 0. The molecular formula is C12H15F2NO. The van der Waals surface area contributed by atoms with Crippen molar-refractivity contribution in [1.82, 2.24) is 5.32 Å². The molecule has 0 radical (unpaired) electrons. The Balaban J connectivity index is 2.30. The largest absolute Gasteiger partial charge is 0.396 e. The second kappa shape index (κ2) is 4.11. The van der Waals surface area contributed by atoms with Crippen molar-refractivity contribution < 1.29 is 13.9 Å². The zero-order valence-corrected chi connectivity index (χ0v) is 9.13. The van der Waals surface area contributed by atoms with E-state index in [1.807, 2.05) is 0 Å². The minimum absolute atomic E-state index is 0.0670. The van der Waals surface area contributed by atoms with Crippen LogP contribution >= 0.6 is 0 Å². The van der Waals surface area contributed by atoms with Crippen LogP contribution in [0.4, 0.5) is 8.78 Å². The normalized spacial score (nSPS) is 19.5. The van der Waals surface area contributed by atoms with Gasteiger partial charge in [-0.05, 0) is 37.6 Å². The van der Waals surface area contributed by atoms with Gasteiger partial charge in [0.25, 0.3) is 0 Å². The summed E-state index contributed by atoms with van der Waals surface area (Å²) in [5.74, 6) is -1.68. The van der Waals surface area contributed by atoms with E-state index >= 15 is 0 Å². The van der Waals surface area contributed by atoms with E-state index in [0.29, 0.717) is 5.56 Å². The van der Waals surface area contributed by atoms with E-state index in [1.165, 1.54) is 6.07 Å². The Labute approximate surface area is 93.3 Å². The molecule has 1 atom stereocenters. The van der Waals surface area contributed by atoms with E-state index in [4.69, 9.17) is 0 Å². The first kappa shape index (κ1) is 11.5. The highest BCUT2D eigenvalue weighted by atomic mass is 19.2. The maximum absolute atomic E-state index is 13.1. The second-order valence-corrected chi connectivity index (χ2v) is 4.42. The van der Waals surface area contributed by atoms with Crippen molar-refractivity contribution >= 4 is 0 Å². The highest BCUT2D eigenvalue weighted by Gasteiger charge is 2.49. The van der Waals surface area contributed by atoms with Crippen LogP contribution in [0.25, 0.3) is 0 Å². The van der Waals surface area contributed by atoms with E-state index < -0.39 is 11.6 Å². The Morgan fingerprint density at radius 2 is 2.06 bits per heavy atom. The van der Waals surface area contributed by atoms with Gasteiger partial charge in [-0.15, -0.1) is 0 Å². The summed E-state index contributed by atoms with van der Waals surface area (Å²) in [6.45, 7) is 0.0670. The first-order valence-electron chi connectivity index (χ1n) is 5.36. The first-order valence-corrected chi connectivity index (χ1v) is 5.36. The van der Waals surface area contributed by atoms with Crippen LogP contribution in [0.5, 0.6) is 0 Å². The number of benzene rings is 1. The van der Waals surface area contributed by atoms with Crippen LogP contribution in [0.3, 0.4) is 0 Å². The van der Waals surface area contributed by atoms with E-state index in [2.05, 4.69) is 5.32 Å². The predicted octanol–water partition coefficient (Wildman–Crippen LogP) is 2.00. The Bertz CT molecular complexity index is 391. The molecule has 2 rings (SSSR count). The average molecular weight is 227 g/mol. The average Bonchev–Trinajstić information content (AvgIpc) is 3.05. The fourth-order valence-corrected chi connectivity index (χ4v) is 2.22. The number of rotatable bonds is 4. The van der Waals surface area contributed by atoms with E-state index in [1.54, 1.807) is 13.1 Å². The molecule has 1 aliphatic rings. The molecule has 1 unspecified atom stereocenters. The van der Waals surface area contributed by atoms with Crippen molar-refractivity contribution in [3.63, 3.8) is 0 Å². The number of aliphatic hydroxyl groups is 1. The summed E-state index contributed by atoms with van der Waals surface area (Å²) in [7, 11) is 1.77. The highest BCUT2D eigenvalue weighted by Crippen LogP contribution is 2.54. The molecule has 0 aromatic heterocycles. The third-order valence-corrected chi connectivity index (χ3v) is 3.39. The lowest BCUT2D eigenvalue weighted by Gasteiger charge is -2.25. The van der Waals surface area contributed by atoms with Crippen molar-refractivity contribution in [2.45, 2.75) is 18.9 Å². The van der Waals surface area contributed by atoms with Crippen LogP contribution in [0, 0.1) is 17.0 Å². The maximum atomic E-state index is 13.1. The van der Waals surface area contributed by atoms with Crippen LogP contribution in [0.15, 0.2) is 18.2 Å². The molecule has 1 aromatic rings. The molecule has 88 valence electrons. The van der Waals surface area contributed by atoms with Gasteiger partial charge in [-0.1, -0.05) is 6.07 Å². The van der Waals surface area contributed by atoms with E-state index in [9.17, 15) is 13.9 Å². The summed E-state index contributed by atoms with van der Waals surface area (Å²) in [5.41, 5.74) is 0.492. The Kier molecular flexibility index (Phi) is 2.95. The molecule has 1 fully saturated rings. The molecule has 0 amide bonds. The fourth-order valence-electron chi connectivity index (χ4n) is 2.22. The van der Waals surface area contributed by atoms with Crippen LogP contribution < -0.4 is 5.32 Å². The molecule has 4 heteroatoms. The molecule has 0 saturated heterocycles. The summed E-state index contributed by atoms with van der Waals surface area (Å²) >= 11 is 0. The molecule has 0 heterocycles. The molecule has 2 nitrogen and oxygen atoms in total. The smallest absolute Gasteiger partial charge is 0.159 e. The van der Waals surface area contributed by atoms with Crippen LogP contribution in [-0.4, -0.2) is 18.8 Å². The number of hydrogen-bond donors (Lipinski definition) is 2. The Morgan fingerprint density at radius 3 is 2.50 bits per heavy atom. The molecule has 2 N–H and O–H groups in total. The number of hydrogen-bond acceptors (Lipinski definition) is 2. The molecule has 0 aliphatic heterocycles.